The van der Waals surface area contributed by atoms with Crippen molar-refractivity contribution in [3.05, 3.63) is 70.8 Å². The minimum absolute atomic E-state index is 0.216. The topological polar surface area (TPSA) is 0 Å². The average molecular weight is 425 g/mol. The molecule has 5 heteroatoms. The molecular formula is C18H22NiS4. The van der Waals surface area contributed by atoms with Crippen molar-refractivity contribution in [1.29, 1.82) is 0 Å². The van der Waals surface area contributed by atoms with Crippen LogP contribution >= 0.6 is 50.5 Å². The molecule has 0 aromatic heterocycles. The van der Waals surface area contributed by atoms with Crippen LogP contribution in [0, 0.1) is 0 Å². The summed E-state index contributed by atoms with van der Waals surface area (Å²) >= 11 is 19.3. The van der Waals surface area contributed by atoms with Gasteiger partial charge in [0.2, 0.25) is 0 Å². The molecule has 0 amide bonds. The molecule has 0 aliphatic carbocycles. The molecule has 128 valence electrons. The molecule has 0 nitrogen and oxygen atoms in total. The molecule has 0 aliphatic rings. The molecule has 0 saturated carbocycles. The van der Waals surface area contributed by atoms with E-state index in [1.807, 2.05) is 0 Å². The number of hydrogen-bond donors (Lipinski definition) is 4. The second kappa shape index (κ2) is 10.4. The van der Waals surface area contributed by atoms with Crippen LogP contribution < -0.4 is 0 Å². The average Bonchev–Trinajstić information content (AvgIpc) is 2.61. The zero-order valence-corrected chi connectivity index (χ0v) is 17.3. The van der Waals surface area contributed by atoms with Gasteiger partial charge in [-0.25, -0.2) is 0 Å². The molecule has 0 saturated heterocycles. The van der Waals surface area contributed by atoms with Crippen molar-refractivity contribution in [3.8, 4) is 0 Å². The molecule has 2 unspecified atom stereocenters. The van der Waals surface area contributed by atoms with Crippen molar-refractivity contribution in [2.45, 2.75) is 21.3 Å². The third kappa shape index (κ3) is 6.28. The maximum absolute atomic E-state index is 4.51. The van der Waals surface area contributed by atoms with Crippen molar-refractivity contribution in [2.24, 2.45) is 0 Å². The van der Waals surface area contributed by atoms with E-state index in [0.717, 1.165) is 22.3 Å². The molecular weight excluding hydrogens is 403 g/mol. The van der Waals surface area contributed by atoms with Crippen LogP contribution in [0.4, 0.5) is 0 Å². The van der Waals surface area contributed by atoms with E-state index in [2.05, 4.69) is 99.0 Å². The Hall–Kier alpha value is 0.334. The molecule has 0 bridgehead atoms. The molecule has 2 rings (SSSR count). The fraction of sp³-hybridized carbons (Fsp3) is 0.333. The Kier molecular flexibility index (Phi) is 8.85. The summed E-state index contributed by atoms with van der Waals surface area (Å²) in [6.45, 7) is 0. The first-order valence-electron chi connectivity index (χ1n) is 7.34. The van der Waals surface area contributed by atoms with Gasteiger partial charge in [-0.1, -0.05) is 0 Å². The normalized spacial score (nSPS) is 13.9. The van der Waals surface area contributed by atoms with Crippen LogP contribution in [0.5, 0.6) is 0 Å². The Morgan fingerprint density at radius 2 is 1.00 bits per heavy atom. The summed E-state index contributed by atoms with van der Waals surface area (Å²) in [4.78, 5) is 0. The third-order valence-electron chi connectivity index (χ3n) is 3.49. The van der Waals surface area contributed by atoms with Gasteiger partial charge in [-0.15, -0.1) is 0 Å². The van der Waals surface area contributed by atoms with E-state index >= 15 is 0 Å². The monoisotopic (exact) mass is 424 g/mol. The number of benzene rings is 2. The summed E-state index contributed by atoms with van der Waals surface area (Å²) in [5.41, 5.74) is 5.19. The molecule has 0 fully saturated rings. The van der Waals surface area contributed by atoms with Gasteiger partial charge in [0, 0.05) is 0 Å². The zero-order valence-electron chi connectivity index (χ0n) is 12.7. The van der Waals surface area contributed by atoms with Crippen LogP contribution in [0.1, 0.15) is 32.8 Å². The maximum atomic E-state index is 4.51. The Morgan fingerprint density at radius 1 is 0.652 bits per heavy atom. The van der Waals surface area contributed by atoms with E-state index in [9.17, 15) is 0 Å². The van der Waals surface area contributed by atoms with Crippen LogP contribution in [0.15, 0.2) is 48.5 Å². The zero-order chi connectivity index (χ0) is 16.7. The van der Waals surface area contributed by atoms with E-state index < -0.39 is 0 Å². The molecule has 0 heterocycles. The summed E-state index contributed by atoms with van der Waals surface area (Å²) in [6.07, 6.45) is 0. The Labute approximate surface area is 167 Å². The van der Waals surface area contributed by atoms with Gasteiger partial charge in [-0.3, -0.25) is 0 Å². The van der Waals surface area contributed by atoms with Crippen molar-refractivity contribution in [2.75, 3.05) is 11.5 Å². The van der Waals surface area contributed by atoms with Crippen molar-refractivity contribution in [3.63, 3.8) is 0 Å². The summed E-state index contributed by atoms with van der Waals surface area (Å²) in [7, 11) is 0. The first-order chi connectivity index (χ1) is 11.1. The predicted molar refractivity (Wildman–Crippen MR) is 111 cm³/mol. The minimum atomic E-state index is 0.216. The third-order valence-corrected chi connectivity index (χ3v) is 7.06. The molecule has 2 atom stereocenters. The van der Waals surface area contributed by atoms with Gasteiger partial charge < -0.3 is 0 Å². The number of rotatable bonds is 8. The van der Waals surface area contributed by atoms with E-state index in [4.69, 9.17) is 0 Å². The van der Waals surface area contributed by atoms with Crippen LogP contribution in [0.2, 0.25) is 0 Å². The van der Waals surface area contributed by atoms with Crippen LogP contribution in [0.25, 0.3) is 0 Å². The Bertz CT molecular complexity index is 529. The molecule has 0 radical (unpaired) electrons. The Morgan fingerprint density at radius 3 is 1.30 bits per heavy atom. The standard InChI is InChI=1S/2C9H11S2.Ni/c2*1-7-2-4-8(5-3-7)9(11)6-10;/h2*2-5,9-11H,1,6H2;. The number of thiol groups is 4. The first-order valence-corrected chi connectivity index (χ1v) is 11.0. The fourth-order valence-electron chi connectivity index (χ4n) is 2.06. The molecule has 0 aliphatic heterocycles. The molecule has 0 N–H and O–H groups in total. The van der Waals surface area contributed by atoms with Crippen molar-refractivity contribution >= 4 is 50.5 Å². The second-order valence-electron chi connectivity index (χ2n) is 5.26. The molecule has 0 spiro atoms. The van der Waals surface area contributed by atoms with Gasteiger partial charge in [0.15, 0.2) is 0 Å². The van der Waals surface area contributed by atoms with Crippen LogP contribution in [-0.2, 0) is 25.2 Å². The summed E-state index contributed by atoms with van der Waals surface area (Å²) in [5.74, 6) is 1.52. The van der Waals surface area contributed by atoms with Gasteiger partial charge >= 0.3 is 169 Å². The fourth-order valence-corrected chi connectivity index (χ4v) is 3.99. The molecule has 23 heavy (non-hydrogen) atoms. The van der Waals surface area contributed by atoms with E-state index in [1.165, 1.54) is 22.3 Å². The van der Waals surface area contributed by atoms with Crippen molar-refractivity contribution in [1.82, 2.24) is 0 Å². The molecule has 2 aromatic rings. The van der Waals surface area contributed by atoms with Gasteiger partial charge in [-0.2, -0.15) is 0 Å². The quantitative estimate of drug-likeness (QED) is 0.322. The number of hydrogen-bond acceptors (Lipinski definition) is 4. The van der Waals surface area contributed by atoms with Gasteiger partial charge in [-0.05, 0) is 0 Å². The van der Waals surface area contributed by atoms with Gasteiger partial charge in [0.1, 0.15) is 0 Å². The van der Waals surface area contributed by atoms with Crippen LogP contribution in [0.3, 0.4) is 0 Å². The molecule has 2 aromatic carbocycles. The summed E-state index contributed by atoms with van der Waals surface area (Å²) < 4.78 is 0. The van der Waals surface area contributed by atoms with Crippen LogP contribution in [-0.4, -0.2) is 11.5 Å². The first kappa shape index (κ1) is 19.7. The van der Waals surface area contributed by atoms with E-state index in [1.54, 1.807) is 14.4 Å². The summed E-state index contributed by atoms with van der Waals surface area (Å²) in [5, 5.41) is 2.51. The van der Waals surface area contributed by atoms with Gasteiger partial charge in [0.05, 0.1) is 0 Å². The predicted octanol–water partition coefficient (Wildman–Crippen LogP) is 5.27. The van der Waals surface area contributed by atoms with Gasteiger partial charge in [0.25, 0.3) is 0 Å². The summed E-state index contributed by atoms with van der Waals surface area (Å²) in [6, 6.07) is 17.4. The van der Waals surface area contributed by atoms with Crippen molar-refractivity contribution < 1.29 is 14.4 Å². The van der Waals surface area contributed by atoms with E-state index in [0.29, 0.717) is 0 Å². The second-order valence-corrected chi connectivity index (χ2v) is 8.43. The Balaban J connectivity index is 1.82. The van der Waals surface area contributed by atoms with E-state index in [-0.39, 0.29) is 10.5 Å². The SMILES string of the molecule is SCC(S)c1ccc([CH2][Ni][CH2]c2ccc(C(S)CS)cc2)cc1.